The van der Waals surface area contributed by atoms with Crippen LogP contribution in [0.3, 0.4) is 0 Å². The number of phenolic OH excluding ortho intramolecular Hbond substituents is 1. The van der Waals surface area contributed by atoms with Gasteiger partial charge in [0, 0.05) is 19.2 Å². The van der Waals surface area contributed by atoms with E-state index in [1.807, 2.05) is 24.3 Å². The van der Waals surface area contributed by atoms with Crippen LogP contribution in [0.2, 0.25) is 0 Å². The van der Waals surface area contributed by atoms with Crippen molar-refractivity contribution in [2.24, 2.45) is 4.99 Å². The predicted octanol–water partition coefficient (Wildman–Crippen LogP) is 4.45. The number of ether oxygens (including phenoxy) is 3. The Balaban J connectivity index is 1.36. The monoisotopic (exact) mass is 355 g/mol. The number of rotatable bonds is 8. The van der Waals surface area contributed by atoms with E-state index in [0.717, 1.165) is 42.9 Å². The van der Waals surface area contributed by atoms with E-state index in [-0.39, 0.29) is 12.0 Å². The first kappa shape index (κ1) is 18.4. The fourth-order valence-electron chi connectivity index (χ4n) is 2.64. The van der Waals surface area contributed by atoms with Gasteiger partial charge in [-0.3, -0.25) is 4.99 Å². The van der Waals surface area contributed by atoms with Crippen molar-refractivity contribution in [1.82, 2.24) is 0 Å². The lowest BCUT2D eigenvalue weighted by atomic mass is 10.2. The van der Waals surface area contributed by atoms with Crippen LogP contribution in [0.1, 0.15) is 31.2 Å². The van der Waals surface area contributed by atoms with Crippen molar-refractivity contribution in [1.29, 1.82) is 0 Å². The molecule has 0 saturated carbocycles. The molecule has 0 aromatic heterocycles. The molecule has 5 nitrogen and oxygen atoms in total. The molecule has 1 aliphatic rings. The molecule has 5 heteroatoms. The van der Waals surface area contributed by atoms with E-state index in [1.165, 1.54) is 6.42 Å². The van der Waals surface area contributed by atoms with Crippen LogP contribution < -0.4 is 4.74 Å². The fourth-order valence-corrected chi connectivity index (χ4v) is 2.64. The summed E-state index contributed by atoms with van der Waals surface area (Å²) in [5.74, 6) is 1.07. The SMILES string of the molecule is Oc1ccc(N=Cc2ccc(OCCCOC3CCCCO3)cc2)cc1. The van der Waals surface area contributed by atoms with Gasteiger partial charge in [-0.25, -0.2) is 0 Å². The van der Waals surface area contributed by atoms with Crippen molar-refractivity contribution >= 4 is 11.9 Å². The summed E-state index contributed by atoms with van der Waals surface area (Å²) >= 11 is 0. The van der Waals surface area contributed by atoms with Gasteiger partial charge in [-0.15, -0.1) is 0 Å². The molecule has 138 valence electrons. The normalized spacial score (nSPS) is 17.5. The topological polar surface area (TPSA) is 60.3 Å². The summed E-state index contributed by atoms with van der Waals surface area (Å²) < 4.78 is 16.9. The van der Waals surface area contributed by atoms with Crippen molar-refractivity contribution in [3.05, 3.63) is 54.1 Å². The molecule has 1 unspecified atom stereocenters. The van der Waals surface area contributed by atoms with Gasteiger partial charge in [0.25, 0.3) is 0 Å². The lowest BCUT2D eigenvalue weighted by Crippen LogP contribution is -2.23. The molecule has 1 fully saturated rings. The summed E-state index contributed by atoms with van der Waals surface area (Å²) in [5.41, 5.74) is 1.79. The minimum absolute atomic E-state index is 0.0316. The van der Waals surface area contributed by atoms with Gasteiger partial charge in [0.2, 0.25) is 0 Å². The van der Waals surface area contributed by atoms with Gasteiger partial charge in [0.1, 0.15) is 11.5 Å². The summed E-state index contributed by atoms with van der Waals surface area (Å²) in [7, 11) is 0. The Morgan fingerprint density at radius 1 is 1.04 bits per heavy atom. The Morgan fingerprint density at radius 2 is 1.85 bits per heavy atom. The molecule has 0 bridgehead atoms. The van der Waals surface area contributed by atoms with E-state index in [1.54, 1.807) is 30.5 Å². The number of hydrogen-bond donors (Lipinski definition) is 1. The Bertz CT molecular complexity index is 676. The molecule has 1 aliphatic heterocycles. The first-order valence-corrected chi connectivity index (χ1v) is 9.09. The maximum absolute atomic E-state index is 9.26. The largest absolute Gasteiger partial charge is 0.508 e. The number of benzene rings is 2. The van der Waals surface area contributed by atoms with Crippen LogP contribution in [0.15, 0.2) is 53.5 Å². The Morgan fingerprint density at radius 3 is 2.58 bits per heavy atom. The summed E-state index contributed by atoms with van der Waals surface area (Å²) in [6.45, 7) is 2.08. The molecular weight excluding hydrogens is 330 g/mol. The van der Waals surface area contributed by atoms with Gasteiger partial charge in [0.15, 0.2) is 6.29 Å². The summed E-state index contributed by atoms with van der Waals surface area (Å²) in [5, 5.41) is 9.26. The average molecular weight is 355 g/mol. The third-order valence-electron chi connectivity index (χ3n) is 4.09. The van der Waals surface area contributed by atoms with E-state index in [4.69, 9.17) is 14.2 Å². The number of aromatic hydroxyl groups is 1. The van der Waals surface area contributed by atoms with Crippen molar-refractivity contribution in [3.8, 4) is 11.5 Å². The van der Waals surface area contributed by atoms with Crippen molar-refractivity contribution in [3.63, 3.8) is 0 Å². The second-order valence-corrected chi connectivity index (χ2v) is 6.21. The number of hydrogen-bond acceptors (Lipinski definition) is 5. The zero-order valence-electron chi connectivity index (χ0n) is 14.8. The van der Waals surface area contributed by atoms with Crippen LogP contribution in [0.4, 0.5) is 5.69 Å². The molecule has 0 aliphatic carbocycles. The highest BCUT2D eigenvalue weighted by Crippen LogP contribution is 2.17. The summed E-state index contributed by atoms with van der Waals surface area (Å²) in [6.07, 6.45) is 5.91. The molecule has 1 atom stereocenters. The minimum atomic E-state index is -0.0316. The molecule has 2 aromatic carbocycles. The highest BCUT2D eigenvalue weighted by Gasteiger charge is 2.13. The van der Waals surface area contributed by atoms with Gasteiger partial charge in [-0.2, -0.15) is 0 Å². The highest BCUT2D eigenvalue weighted by molar-refractivity contribution is 5.82. The van der Waals surface area contributed by atoms with Crippen LogP contribution in [0.5, 0.6) is 11.5 Å². The molecule has 2 aromatic rings. The molecule has 0 spiro atoms. The van der Waals surface area contributed by atoms with Gasteiger partial charge < -0.3 is 19.3 Å². The molecule has 1 heterocycles. The van der Waals surface area contributed by atoms with Crippen LogP contribution in [0.25, 0.3) is 0 Å². The van der Waals surface area contributed by atoms with Crippen molar-refractivity contribution in [2.75, 3.05) is 19.8 Å². The van der Waals surface area contributed by atoms with Gasteiger partial charge in [0.05, 0.1) is 18.9 Å². The van der Waals surface area contributed by atoms with Crippen molar-refractivity contribution in [2.45, 2.75) is 32.0 Å². The number of nitrogens with zero attached hydrogens (tertiary/aromatic N) is 1. The Kier molecular flexibility index (Phi) is 7.05. The zero-order chi connectivity index (χ0) is 18.0. The smallest absolute Gasteiger partial charge is 0.157 e. The van der Waals surface area contributed by atoms with Crippen LogP contribution in [-0.4, -0.2) is 37.4 Å². The van der Waals surface area contributed by atoms with Gasteiger partial charge in [-0.1, -0.05) is 0 Å². The summed E-state index contributed by atoms with van der Waals surface area (Å²) in [4.78, 5) is 4.37. The third kappa shape index (κ3) is 6.17. The first-order chi connectivity index (χ1) is 12.8. The van der Waals surface area contributed by atoms with Crippen molar-refractivity contribution < 1.29 is 19.3 Å². The average Bonchev–Trinajstić information content (AvgIpc) is 2.69. The molecule has 3 rings (SSSR count). The second-order valence-electron chi connectivity index (χ2n) is 6.21. The fraction of sp³-hybridized carbons (Fsp3) is 0.381. The van der Waals surface area contributed by atoms with Gasteiger partial charge >= 0.3 is 0 Å². The molecular formula is C21H25NO4. The van der Waals surface area contributed by atoms with Crippen LogP contribution in [0, 0.1) is 0 Å². The quantitative estimate of drug-likeness (QED) is 0.561. The highest BCUT2D eigenvalue weighted by atomic mass is 16.7. The van der Waals surface area contributed by atoms with E-state index in [0.29, 0.717) is 13.2 Å². The van der Waals surface area contributed by atoms with E-state index in [2.05, 4.69) is 4.99 Å². The second kappa shape index (κ2) is 9.94. The standard InChI is InChI=1S/C21H25NO4/c23-19-9-7-18(8-10-19)22-16-17-5-11-20(12-6-17)24-14-3-15-26-21-4-1-2-13-25-21/h5-12,16,21,23H,1-4,13-15H2. The minimum Gasteiger partial charge on any atom is -0.508 e. The predicted molar refractivity (Wildman–Crippen MR) is 101 cm³/mol. The third-order valence-corrected chi connectivity index (χ3v) is 4.09. The lowest BCUT2D eigenvalue weighted by molar-refractivity contribution is -0.163. The molecule has 26 heavy (non-hydrogen) atoms. The number of phenols is 1. The first-order valence-electron chi connectivity index (χ1n) is 9.09. The van der Waals surface area contributed by atoms with Crippen LogP contribution >= 0.6 is 0 Å². The Hall–Kier alpha value is -2.37. The molecule has 0 radical (unpaired) electrons. The molecule has 1 saturated heterocycles. The van der Waals surface area contributed by atoms with Gasteiger partial charge in [-0.05, 0) is 73.4 Å². The van der Waals surface area contributed by atoms with E-state index in [9.17, 15) is 5.11 Å². The summed E-state index contributed by atoms with van der Waals surface area (Å²) in [6, 6.07) is 14.6. The zero-order valence-corrected chi connectivity index (χ0v) is 14.8. The molecule has 0 amide bonds. The van der Waals surface area contributed by atoms with Crippen LogP contribution in [-0.2, 0) is 9.47 Å². The number of aliphatic imine (C=N–C) groups is 1. The maximum Gasteiger partial charge on any atom is 0.157 e. The lowest BCUT2D eigenvalue weighted by Gasteiger charge is -2.22. The van der Waals surface area contributed by atoms with E-state index < -0.39 is 0 Å². The maximum atomic E-state index is 9.26. The molecule has 1 N–H and O–H groups in total. The Labute approximate surface area is 154 Å². The van der Waals surface area contributed by atoms with E-state index >= 15 is 0 Å².